The fourth-order valence-corrected chi connectivity index (χ4v) is 2.95. The monoisotopic (exact) mass is 292 g/mol. The number of benzene rings is 1. The predicted octanol–water partition coefficient (Wildman–Crippen LogP) is 3.56. The van der Waals surface area contributed by atoms with Crippen LogP contribution in [0.3, 0.4) is 0 Å². The SMILES string of the molecule is CCC(CC)(OC)C(Cc1ccc(C(C)(C)C)cc1)NN. The Kier molecular flexibility index (Phi) is 6.39. The van der Waals surface area contributed by atoms with Crippen molar-refractivity contribution in [3.05, 3.63) is 35.4 Å². The zero-order chi connectivity index (χ0) is 16.1. The number of nitrogens with one attached hydrogen (secondary N) is 1. The van der Waals surface area contributed by atoms with E-state index in [-0.39, 0.29) is 17.1 Å². The van der Waals surface area contributed by atoms with Crippen LogP contribution >= 0.6 is 0 Å². The molecule has 21 heavy (non-hydrogen) atoms. The van der Waals surface area contributed by atoms with E-state index in [4.69, 9.17) is 10.6 Å². The Balaban J connectivity index is 2.92. The molecule has 0 amide bonds. The first-order chi connectivity index (χ1) is 9.82. The quantitative estimate of drug-likeness (QED) is 0.596. The lowest BCUT2D eigenvalue weighted by Crippen LogP contribution is -2.55. The van der Waals surface area contributed by atoms with Crippen LogP contribution in [0.15, 0.2) is 24.3 Å². The molecule has 0 heterocycles. The maximum absolute atomic E-state index is 5.80. The third-order valence-electron chi connectivity index (χ3n) is 4.70. The molecule has 120 valence electrons. The molecule has 3 heteroatoms. The lowest BCUT2D eigenvalue weighted by atomic mass is 9.83. The van der Waals surface area contributed by atoms with Crippen molar-refractivity contribution in [2.75, 3.05) is 7.11 Å². The van der Waals surface area contributed by atoms with Crippen molar-refractivity contribution in [1.29, 1.82) is 0 Å². The summed E-state index contributed by atoms with van der Waals surface area (Å²) in [5.41, 5.74) is 5.58. The molecule has 0 aromatic heterocycles. The van der Waals surface area contributed by atoms with E-state index >= 15 is 0 Å². The molecule has 0 radical (unpaired) electrons. The first-order valence-electron chi connectivity index (χ1n) is 7.93. The maximum atomic E-state index is 5.80. The number of methoxy groups -OCH3 is 1. The fraction of sp³-hybridized carbons (Fsp3) is 0.667. The Bertz CT molecular complexity index is 408. The number of hydrazine groups is 1. The van der Waals surface area contributed by atoms with Crippen LogP contribution in [0.25, 0.3) is 0 Å². The van der Waals surface area contributed by atoms with Crippen molar-refractivity contribution in [1.82, 2.24) is 5.43 Å². The van der Waals surface area contributed by atoms with Crippen LogP contribution in [0.1, 0.15) is 58.6 Å². The van der Waals surface area contributed by atoms with Gasteiger partial charge in [-0.2, -0.15) is 0 Å². The molecule has 1 unspecified atom stereocenters. The summed E-state index contributed by atoms with van der Waals surface area (Å²) in [4.78, 5) is 0. The summed E-state index contributed by atoms with van der Waals surface area (Å²) < 4.78 is 5.80. The van der Waals surface area contributed by atoms with Crippen LogP contribution < -0.4 is 11.3 Å². The van der Waals surface area contributed by atoms with E-state index < -0.39 is 0 Å². The molecule has 0 aliphatic heterocycles. The third-order valence-corrected chi connectivity index (χ3v) is 4.70. The van der Waals surface area contributed by atoms with Gasteiger partial charge in [0.05, 0.1) is 11.6 Å². The van der Waals surface area contributed by atoms with Crippen molar-refractivity contribution < 1.29 is 4.74 Å². The second-order valence-electron chi connectivity index (χ2n) is 6.85. The number of rotatable bonds is 7. The highest BCUT2D eigenvalue weighted by atomic mass is 16.5. The molecule has 3 N–H and O–H groups in total. The molecule has 0 fully saturated rings. The predicted molar refractivity (Wildman–Crippen MR) is 90.3 cm³/mol. The number of hydrogen-bond acceptors (Lipinski definition) is 3. The standard InChI is InChI=1S/C18H32N2O/c1-7-18(8-2,21-6)16(20-19)13-14-9-11-15(12-10-14)17(3,4)5/h9-12,16,20H,7-8,13,19H2,1-6H3. The first-order valence-corrected chi connectivity index (χ1v) is 7.93. The van der Waals surface area contributed by atoms with Gasteiger partial charge in [-0.25, -0.2) is 0 Å². The molecule has 0 saturated heterocycles. The number of ether oxygens (including phenoxy) is 1. The molecule has 0 aliphatic rings. The fourth-order valence-electron chi connectivity index (χ4n) is 2.95. The van der Waals surface area contributed by atoms with E-state index in [1.54, 1.807) is 7.11 Å². The average Bonchev–Trinajstić information content (AvgIpc) is 2.47. The third kappa shape index (κ3) is 4.29. The summed E-state index contributed by atoms with van der Waals surface area (Å²) in [7, 11) is 1.78. The summed E-state index contributed by atoms with van der Waals surface area (Å²) in [6.45, 7) is 11.0. The van der Waals surface area contributed by atoms with Crippen molar-refractivity contribution in [2.45, 2.75) is 70.9 Å². The Morgan fingerprint density at radius 1 is 1.10 bits per heavy atom. The molecule has 0 bridgehead atoms. The molecule has 1 rings (SSSR count). The first kappa shape index (κ1) is 18.1. The van der Waals surface area contributed by atoms with Gasteiger partial charge in [0.2, 0.25) is 0 Å². The topological polar surface area (TPSA) is 47.3 Å². The molecule has 0 aliphatic carbocycles. The number of hydrogen-bond donors (Lipinski definition) is 2. The van der Waals surface area contributed by atoms with E-state index in [0.29, 0.717) is 0 Å². The van der Waals surface area contributed by atoms with Crippen molar-refractivity contribution in [3.63, 3.8) is 0 Å². The smallest absolute Gasteiger partial charge is 0.0842 e. The Morgan fingerprint density at radius 2 is 1.62 bits per heavy atom. The average molecular weight is 292 g/mol. The lowest BCUT2D eigenvalue weighted by molar-refractivity contribution is -0.0473. The summed E-state index contributed by atoms with van der Waals surface area (Å²) in [6, 6.07) is 8.95. The van der Waals surface area contributed by atoms with Crippen LogP contribution in [0.5, 0.6) is 0 Å². The van der Waals surface area contributed by atoms with Gasteiger partial charge >= 0.3 is 0 Å². The molecule has 0 spiro atoms. The molecule has 1 atom stereocenters. The van der Waals surface area contributed by atoms with Gasteiger partial charge in [-0.1, -0.05) is 58.9 Å². The molecular weight excluding hydrogens is 260 g/mol. The summed E-state index contributed by atoms with van der Waals surface area (Å²) in [5, 5.41) is 0. The van der Waals surface area contributed by atoms with Gasteiger partial charge in [-0.3, -0.25) is 11.3 Å². The summed E-state index contributed by atoms with van der Waals surface area (Å²) in [6.07, 6.45) is 2.75. The molecule has 3 nitrogen and oxygen atoms in total. The Hall–Kier alpha value is -0.900. The van der Waals surface area contributed by atoms with Gasteiger partial charge in [-0.05, 0) is 35.8 Å². The second kappa shape index (κ2) is 7.39. The maximum Gasteiger partial charge on any atom is 0.0842 e. The van der Waals surface area contributed by atoms with Gasteiger partial charge in [0.25, 0.3) is 0 Å². The van der Waals surface area contributed by atoms with E-state index in [1.165, 1.54) is 11.1 Å². The van der Waals surface area contributed by atoms with Gasteiger partial charge < -0.3 is 4.74 Å². The molecule has 0 saturated carbocycles. The minimum absolute atomic E-state index is 0.109. The van der Waals surface area contributed by atoms with Crippen LogP contribution in [0, 0.1) is 0 Å². The zero-order valence-corrected chi connectivity index (χ0v) is 14.5. The van der Waals surface area contributed by atoms with E-state index in [2.05, 4.69) is 64.3 Å². The minimum Gasteiger partial charge on any atom is -0.377 e. The highest BCUT2D eigenvalue weighted by molar-refractivity contribution is 5.28. The number of nitrogens with two attached hydrogens (primary N) is 1. The molecule has 1 aromatic carbocycles. The van der Waals surface area contributed by atoms with Crippen LogP contribution in [0.2, 0.25) is 0 Å². The van der Waals surface area contributed by atoms with Gasteiger partial charge in [0.15, 0.2) is 0 Å². The van der Waals surface area contributed by atoms with Gasteiger partial charge in [-0.15, -0.1) is 0 Å². The highest BCUT2D eigenvalue weighted by Gasteiger charge is 2.35. The van der Waals surface area contributed by atoms with Crippen LogP contribution in [-0.4, -0.2) is 18.8 Å². The lowest BCUT2D eigenvalue weighted by Gasteiger charge is -2.38. The van der Waals surface area contributed by atoms with Gasteiger partial charge in [0.1, 0.15) is 0 Å². The Morgan fingerprint density at radius 3 is 1.95 bits per heavy atom. The molecule has 1 aromatic rings. The normalized spacial score (nSPS) is 14.2. The minimum atomic E-state index is -0.211. The van der Waals surface area contributed by atoms with E-state index in [1.807, 2.05) is 0 Å². The van der Waals surface area contributed by atoms with E-state index in [0.717, 1.165) is 19.3 Å². The second-order valence-corrected chi connectivity index (χ2v) is 6.85. The van der Waals surface area contributed by atoms with Crippen molar-refractivity contribution in [2.24, 2.45) is 5.84 Å². The van der Waals surface area contributed by atoms with Crippen molar-refractivity contribution in [3.8, 4) is 0 Å². The van der Waals surface area contributed by atoms with Crippen LogP contribution in [-0.2, 0) is 16.6 Å². The Labute approximate surface area is 130 Å². The summed E-state index contributed by atoms with van der Waals surface area (Å²) >= 11 is 0. The summed E-state index contributed by atoms with van der Waals surface area (Å²) in [5.74, 6) is 5.80. The van der Waals surface area contributed by atoms with Crippen LogP contribution in [0.4, 0.5) is 0 Å². The van der Waals surface area contributed by atoms with Gasteiger partial charge in [0, 0.05) is 7.11 Å². The van der Waals surface area contributed by atoms with Crippen molar-refractivity contribution >= 4 is 0 Å². The highest BCUT2D eigenvalue weighted by Crippen LogP contribution is 2.27. The van der Waals surface area contributed by atoms with E-state index in [9.17, 15) is 0 Å². The zero-order valence-electron chi connectivity index (χ0n) is 14.5. The largest absolute Gasteiger partial charge is 0.377 e. The molecular formula is C18H32N2O.